The number of hydrogen-bond donors (Lipinski definition) is 2. The van der Waals surface area contributed by atoms with E-state index in [2.05, 4.69) is 15.6 Å². The molecule has 2 rings (SSSR count). The second-order valence-electron chi connectivity index (χ2n) is 6.59. The highest BCUT2D eigenvalue weighted by Crippen LogP contribution is 2.26. The van der Waals surface area contributed by atoms with Crippen LogP contribution in [-0.2, 0) is 10.0 Å². The Balaban J connectivity index is 0.00000364. The minimum atomic E-state index is -3.08. The number of rotatable bonds is 5. The minimum Gasteiger partial charge on any atom is -0.356 e. The highest BCUT2D eigenvalue weighted by Gasteiger charge is 2.25. The number of benzene rings is 1. The predicted octanol–water partition coefficient (Wildman–Crippen LogP) is 3.51. The molecule has 1 heterocycles. The predicted molar refractivity (Wildman–Crippen MR) is 124 cm³/mol. The summed E-state index contributed by atoms with van der Waals surface area (Å²) in [5, 5.41) is 7.86. The first-order valence-corrected chi connectivity index (χ1v) is 11.2. The lowest BCUT2D eigenvalue weighted by Crippen LogP contribution is -2.44. The van der Waals surface area contributed by atoms with E-state index in [4.69, 9.17) is 23.2 Å². The van der Waals surface area contributed by atoms with Crippen molar-refractivity contribution >= 4 is 63.2 Å². The zero-order valence-electron chi connectivity index (χ0n) is 15.7. The zero-order valence-corrected chi connectivity index (χ0v) is 20.4. The lowest BCUT2D eigenvalue weighted by atomic mass is 9.98. The molecule has 1 aromatic carbocycles. The summed E-state index contributed by atoms with van der Waals surface area (Å²) < 4.78 is 24.7. The molecule has 27 heavy (non-hydrogen) atoms. The van der Waals surface area contributed by atoms with Crippen LogP contribution in [0.1, 0.15) is 31.4 Å². The topological polar surface area (TPSA) is 73.8 Å². The summed E-state index contributed by atoms with van der Waals surface area (Å²) in [6.45, 7) is 3.91. The molecule has 6 nitrogen and oxygen atoms in total. The van der Waals surface area contributed by atoms with Gasteiger partial charge in [-0.3, -0.25) is 4.99 Å². The van der Waals surface area contributed by atoms with Crippen LogP contribution in [-0.4, -0.2) is 51.6 Å². The zero-order chi connectivity index (χ0) is 19.3. The van der Waals surface area contributed by atoms with Gasteiger partial charge in [-0.2, -0.15) is 0 Å². The molecule has 0 bridgehead atoms. The van der Waals surface area contributed by atoms with Gasteiger partial charge in [-0.1, -0.05) is 29.3 Å². The van der Waals surface area contributed by atoms with Crippen molar-refractivity contribution in [2.75, 3.05) is 32.9 Å². The fourth-order valence-corrected chi connectivity index (χ4v) is 4.46. The van der Waals surface area contributed by atoms with Gasteiger partial charge in [0, 0.05) is 36.7 Å². The van der Waals surface area contributed by atoms with Crippen LogP contribution in [0.4, 0.5) is 0 Å². The Kier molecular flexibility index (Phi) is 10.1. The molecule has 2 N–H and O–H groups in total. The van der Waals surface area contributed by atoms with Gasteiger partial charge in [0.2, 0.25) is 10.0 Å². The third kappa shape index (κ3) is 7.56. The quantitative estimate of drug-likeness (QED) is 0.335. The van der Waals surface area contributed by atoms with Crippen LogP contribution in [0.2, 0.25) is 10.0 Å². The van der Waals surface area contributed by atoms with Crippen LogP contribution < -0.4 is 10.6 Å². The van der Waals surface area contributed by atoms with Gasteiger partial charge in [0.05, 0.1) is 12.3 Å². The van der Waals surface area contributed by atoms with Crippen molar-refractivity contribution in [2.45, 2.75) is 25.8 Å². The number of hydrogen-bond acceptors (Lipinski definition) is 3. The maximum absolute atomic E-state index is 11.6. The Morgan fingerprint density at radius 3 is 2.48 bits per heavy atom. The minimum absolute atomic E-state index is 0. The molecule has 1 fully saturated rings. The van der Waals surface area contributed by atoms with E-state index in [0.29, 0.717) is 35.0 Å². The lowest BCUT2D eigenvalue weighted by molar-refractivity contribution is 0.274. The van der Waals surface area contributed by atoms with Crippen molar-refractivity contribution in [3.8, 4) is 0 Å². The van der Waals surface area contributed by atoms with Crippen LogP contribution in [0.15, 0.2) is 23.2 Å². The average Bonchev–Trinajstić information content (AvgIpc) is 2.58. The molecule has 1 aliphatic rings. The largest absolute Gasteiger partial charge is 0.356 e. The number of aliphatic imine (C=N–C) groups is 1. The molecule has 1 aromatic rings. The molecular weight excluding hydrogens is 522 g/mol. The molecule has 1 unspecified atom stereocenters. The third-order valence-electron chi connectivity index (χ3n) is 4.61. The van der Waals surface area contributed by atoms with Crippen molar-refractivity contribution in [3.63, 3.8) is 0 Å². The summed E-state index contributed by atoms with van der Waals surface area (Å²) >= 11 is 12.2. The molecule has 1 saturated heterocycles. The fraction of sp³-hybridized carbons (Fsp3) is 0.588. The smallest absolute Gasteiger partial charge is 0.211 e. The fourth-order valence-electron chi connectivity index (χ4n) is 3.02. The van der Waals surface area contributed by atoms with Crippen LogP contribution in [0.5, 0.6) is 0 Å². The van der Waals surface area contributed by atoms with Gasteiger partial charge >= 0.3 is 0 Å². The highest BCUT2D eigenvalue weighted by molar-refractivity contribution is 14.0. The Morgan fingerprint density at radius 1 is 1.33 bits per heavy atom. The second kappa shape index (κ2) is 11.0. The van der Waals surface area contributed by atoms with Crippen molar-refractivity contribution in [2.24, 2.45) is 10.9 Å². The van der Waals surface area contributed by atoms with Crippen molar-refractivity contribution in [1.82, 2.24) is 14.9 Å². The number of nitrogens with zero attached hydrogens (tertiary/aromatic N) is 2. The first-order valence-electron chi connectivity index (χ1n) is 8.58. The molecule has 0 saturated carbocycles. The number of guanidine groups is 1. The summed E-state index contributed by atoms with van der Waals surface area (Å²) in [5.74, 6) is 1.11. The Morgan fingerprint density at radius 2 is 1.96 bits per heavy atom. The van der Waals surface area contributed by atoms with Crippen molar-refractivity contribution in [3.05, 3.63) is 33.8 Å². The van der Waals surface area contributed by atoms with E-state index in [0.717, 1.165) is 24.9 Å². The van der Waals surface area contributed by atoms with Gasteiger partial charge in [0.15, 0.2) is 5.96 Å². The van der Waals surface area contributed by atoms with E-state index in [1.807, 2.05) is 19.1 Å². The van der Waals surface area contributed by atoms with Crippen molar-refractivity contribution < 1.29 is 8.42 Å². The van der Waals surface area contributed by atoms with Gasteiger partial charge in [0.1, 0.15) is 0 Å². The van der Waals surface area contributed by atoms with Gasteiger partial charge in [0.25, 0.3) is 0 Å². The van der Waals surface area contributed by atoms with E-state index < -0.39 is 10.0 Å². The van der Waals surface area contributed by atoms with E-state index in [1.54, 1.807) is 17.4 Å². The number of nitrogens with one attached hydrogen (secondary N) is 2. The summed E-state index contributed by atoms with van der Waals surface area (Å²) in [6.07, 6.45) is 2.95. The Hall–Kier alpha value is -0.290. The van der Waals surface area contributed by atoms with Crippen LogP contribution in [0.3, 0.4) is 0 Å². The maximum atomic E-state index is 11.6. The Labute approximate surface area is 189 Å². The van der Waals surface area contributed by atoms with Gasteiger partial charge in [-0.15, -0.1) is 24.0 Å². The normalized spacial score (nSPS) is 17.9. The third-order valence-corrected chi connectivity index (χ3v) is 6.47. The molecule has 0 aliphatic carbocycles. The van der Waals surface area contributed by atoms with E-state index in [1.165, 1.54) is 6.26 Å². The first-order chi connectivity index (χ1) is 12.2. The van der Waals surface area contributed by atoms with Crippen LogP contribution in [0, 0.1) is 5.92 Å². The molecule has 0 spiro atoms. The van der Waals surface area contributed by atoms with Crippen molar-refractivity contribution in [1.29, 1.82) is 0 Å². The molecule has 0 radical (unpaired) electrons. The Bertz CT molecular complexity index is 753. The summed E-state index contributed by atoms with van der Waals surface area (Å²) in [7, 11) is -1.36. The van der Waals surface area contributed by atoms with Gasteiger partial charge in [-0.25, -0.2) is 12.7 Å². The van der Waals surface area contributed by atoms with E-state index >= 15 is 0 Å². The van der Waals surface area contributed by atoms with Gasteiger partial charge in [-0.05, 0) is 43.4 Å². The summed E-state index contributed by atoms with van der Waals surface area (Å²) in [6, 6.07) is 5.41. The van der Waals surface area contributed by atoms with E-state index in [-0.39, 0.29) is 30.0 Å². The van der Waals surface area contributed by atoms with E-state index in [9.17, 15) is 8.42 Å². The van der Waals surface area contributed by atoms with Crippen LogP contribution >= 0.6 is 47.2 Å². The average molecular weight is 549 g/mol. The molecule has 1 atom stereocenters. The number of sulfonamides is 1. The standard InChI is InChI=1S/C17H26Cl2N4O2S.HI/c1-12(15-5-4-14(18)10-16(15)19)22-17(20-2)21-11-13-6-8-23(9-7-13)26(3,24)25;/h4-5,10,12-13H,6-9,11H2,1-3H3,(H2,20,21,22);1H. The molecule has 0 aromatic heterocycles. The molecule has 0 amide bonds. The SMILES string of the molecule is CN=C(NCC1CCN(S(C)(=O)=O)CC1)NC(C)c1ccc(Cl)cc1Cl.I. The number of halogens is 3. The summed E-state index contributed by atoms with van der Waals surface area (Å²) in [4.78, 5) is 4.26. The molecular formula is C17H27Cl2IN4O2S. The van der Waals surface area contributed by atoms with Crippen LogP contribution in [0.25, 0.3) is 0 Å². The monoisotopic (exact) mass is 548 g/mol. The molecule has 154 valence electrons. The first kappa shape index (κ1) is 24.7. The molecule has 1 aliphatic heterocycles. The number of piperidine rings is 1. The molecule has 10 heteroatoms. The summed E-state index contributed by atoms with van der Waals surface area (Å²) in [5.41, 5.74) is 0.945. The highest BCUT2D eigenvalue weighted by atomic mass is 127. The van der Waals surface area contributed by atoms with Gasteiger partial charge < -0.3 is 10.6 Å². The lowest BCUT2D eigenvalue weighted by Gasteiger charge is -2.30. The maximum Gasteiger partial charge on any atom is 0.211 e. The second-order valence-corrected chi connectivity index (χ2v) is 9.42.